The molecule has 2 rings (SSSR count). The molecule has 0 aliphatic rings. The molecule has 0 atom stereocenters. The molecule has 0 aliphatic carbocycles. The van der Waals surface area contributed by atoms with E-state index in [9.17, 15) is 4.79 Å². The summed E-state index contributed by atoms with van der Waals surface area (Å²) in [5.74, 6) is -0.498. The predicted octanol–water partition coefficient (Wildman–Crippen LogP) is 1.04. The van der Waals surface area contributed by atoms with Gasteiger partial charge in [-0.3, -0.25) is 4.79 Å². The first-order chi connectivity index (χ1) is 8.06. The number of tetrazole rings is 1. The van der Waals surface area contributed by atoms with Gasteiger partial charge < -0.3 is 5.11 Å². The van der Waals surface area contributed by atoms with Crippen molar-refractivity contribution in [2.45, 2.75) is 20.4 Å². The summed E-state index contributed by atoms with van der Waals surface area (Å²) in [7, 11) is 0. The van der Waals surface area contributed by atoms with Gasteiger partial charge in [0.25, 0.3) is 0 Å². The lowest BCUT2D eigenvalue weighted by molar-refractivity contribution is -0.137. The second-order valence-electron chi connectivity index (χ2n) is 3.93. The van der Waals surface area contributed by atoms with E-state index in [0.717, 1.165) is 16.7 Å². The summed E-state index contributed by atoms with van der Waals surface area (Å²) >= 11 is 0. The van der Waals surface area contributed by atoms with Gasteiger partial charge in [0.1, 0.15) is 6.54 Å². The fourth-order valence-corrected chi connectivity index (χ4v) is 1.75. The van der Waals surface area contributed by atoms with Gasteiger partial charge in [-0.2, -0.15) is 0 Å². The molecule has 0 saturated carbocycles. The van der Waals surface area contributed by atoms with E-state index in [1.807, 2.05) is 32.0 Å². The molecule has 17 heavy (non-hydrogen) atoms. The number of benzene rings is 1. The van der Waals surface area contributed by atoms with Crippen molar-refractivity contribution >= 4 is 5.97 Å². The molecule has 0 aliphatic heterocycles. The molecule has 0 bridgehead atoms. The first-order valence-electron chi connectivity index (χ1n) is 5.13. The number of carboxylic acid groups (broad SMARTS) is 1. The largest absolute Gasteiger partial charge is 0.480 e. The summed E-state index contributed by atoms with van der Waals surface area (Å²) in [5.41, 5.74) is 3.00. The van der Waals surface area contributed by atoms with Crippen LogP contribution in [0.4, 0.5) is 0 Å². The minimum Gasteiger partial charge on any atom is -0.480 e. The summed E-state index contributed by atoms with van der Waals surface area (Å²) in [6, 6.07) is 5.89. The zero-order valence-electron chi connectivity index (χ0n) is 9.58. The normalized spacial score (nSPS) is 10.5. The van der Waals surface area contributed by atoms with Crippen LogP contribution in [0.2, 0.25) is 0 Å². The SMILES string of the molecule is Cc1cc(C)cc(-c2nnnn2CC(=O)O)c1. The lowest BCUT2D eigenvalue weighted by Crippen LogP contribution is -2.11. The van der Waals surface area contributed by atoms with E-state index in [0.29, 0.717) is 5.82 Å². The molecule has 0 saturated heterocycles. The van der Waals surface area contributed by atoms with Crippen molar-refractivity contribution in [1.29, 1.82) is 0 Å². The van der Waals surface area contributed by atoms with Crippen molar-refractivity contribution in [3.8, 4) is 11.4 Å². The molecule has 1 aromatic carbocycles. The summed E-state index contributed by atoms with van der Waals surface area (Å²) in [6.07, 6.45) is 0. The van der Waals surface area contributed by atoms with Gasteiger partial charge in [0.15, 0.2) is 5.82 Å². The molecule has 88 valence electrons. The maximum absolute atomic E-state index is 10.7. The molecule has 0 amide bonds. The quantitative estimate of drug-likeness (QED) is 0.855. The number of hydrogen-bond acceptors (Lipinski definition) is 4. The second-order valence-corrected chi connectivity index (χ2v) is 3.93. The fraction of sp³-hybridized carbons (Fsp3) is 0.273. The van der Waals surface area contributed by atoms with Crippen molar-refractivity contribution < 1.29 is 9.90 Å². The lowest BCUT2D eigenvalue weighted by atomic mass is 10.1. The maximum atomic E-state index is 10.7. The molecule has 1 N–H and O–H groups in total. The molecule has 0 radical (unpaired) electrons. The van der Waals surface area contributed by atoms with Crippen LogP contribution in [-0.4, -0.2) is 31.3 Å². The zero-order chi connectivity index (χ0) is 12.4. The van der Waals surface area contributed by atoms with E-state index >= 15 is 0 Å². The predicted molar refractivity (Wildman–Crippen MR) is 60.4 cm³/mol. The Bertz CT molecular complexity index is 542. The number of carbonyl (C=O) groups is 1. The van der Waals surface area contributed by atoms with Gasteiger partial charge in [0.2, 0.25) is 0 Å². The molecule has 6 nitrogen and oxygen atoms in total. The number of hydrogen-bond donors (Lipinski definition) is 1. The van der Waals surface area contributed by atoms with Crippen LogP contribution < -0.4 is 0 Å². The average Bonchev–Trinajstić information content (AvgIpc) is 2.63. The Balaban J connectivity index is 2.45. The van der Waals surface area contributed by atoms with Crippen LogP contribution >= 0.6 is 0 Å². The van der Waals surface area contributed by atoms with Crippen LogP contribution in [0, 0.1) is 13.8 Å². The Morgan fingerprint density at radius 3 is 2.53 bits per heavy atom. The lowest BCUT2D eigenvalue weighted by Gasteiger charge is -2.04. The Kier molecular flexibility index (Phi) is 2.86. The number of aliphatic carboxylic acids is 1. The summed E-state index contributed by atoms with van der Waals surface area (Å²) in [5, 5.41) is 19.8. The Morgan fingerprint density at radius 1 is 1.29 bits per heavy atom. The third-order valence-corrected chi connectivity index (χ3v) is 2.30. The Hall–Kier alpha value is -2.24. The smallest absolute Gasteiger partial charge is 0.325 e. The van der Waals surface area contributed by atoms with E-state index in [1.165, 1.54) is 4.68 Å². The van der Waals surface area contributed by atoms with Gasteiger partial charge in [0.05, 0.1) is 0 Å². The highest BCUT2D eigenvalue weighted by Gasteiger charge is 2.11. The standard InChI is InChI=1S/C11H12N4O2/c1-7-3-8(2)5-9(4-7)11-12-13-14-15(11)6-10(16)17/h3-5H,6H2,1-2H3,(H,16,17). The molecule has 2 aromatic rings. The molecular weight excluding hydrogens is 220 g/mol. The molecule has 0 spiro atoms. The fourth-order valence-electron chi connectivity index (χ4n) is 1.75. The van der Waals surface area contributed by atoms with Crippen molar-refractivity contribution in [1.82, 2.24) is 20.2 Å². The summed E-state index contributed by atoms with van der Waals surface area (Å²) in [6.45, 7) is 3.71. The summed E-state index contributed by atoms with van der Waals surface area (Å²) < 4.78 is 1.27. The van der Waals surface area contributed by atoms with Crippen LogP contribution in [0.5, 0.6) is 0 Å². The minimum atomic E-state index is -0.970. The van der Waals surface area contributed by atoms with Crippen molar-refractivity contribution in [2.24, 2.45) is 0 Å². The minimum absolute atomic E-state index is 0.241. The molecule has 1 heterocycles. The number of nitrogens with zero attached hydrogens (tertiary/aromatic N) is 4. The van der Waals surface area contributed by atoms with Crippen LogP contribution in [0.1, 0.15) is 11.1 Å². The third kappa shape index (κ3) is 2.47. The van der Waals surface area contributed by atoms with Gasteiger partial charge in [-0.1, -0.05) is 17.2 Å². The third-order valence-electron chi connectivity index (χ3n) is 2.30. The summed E-state index contributed by atoms with van der Waals surface area (Å²) in [4.78, 5) is 10.7. The highest BCUT2D eigenvalue weighted by molar-refractivity contribution is 5.68. The Labute approximate surface area is 97.9 Å². The zero-order valence-corrected chi connectivity index (χ0v) is 9.58. The second kappa shape index (κ2) is 4.32. The van der Waals surface area contributed by atoms with E-state index in [2.05, 4.69) is 15.5 Å². The maximum Gasteiger partial charge on any atom is 0.325 e. The van der Waals surface area contributed by atoms with Crippen LogP contribution in [0.15, 0.2) is 18.2 Å². The molecule has 1 aromatic heterocycles. The number of rotatable bonds is 3. The highest BCUT2D eigenvalue weighted by Crippen LogP contribution is 2.19. The first-order valence-corrected chi connectivity index (χ1v) is 5.13. The number of aryl methyl sites for hydroxylation is 2. The molecule has 0 fully saturated rings. The highest BCUT2D eigenvalue weighted by atomic mass is 16.4. The van der Waals surface area contributed by atoms with E-state index in [-0.39, 0.29) is 6.54 Å². The molecule has 6 heteroatoms. The van der Waals surface area contributed by atoms with Crippen LogP contribution in [-0.2, 0) is 11.3 Å². The van der Waals surface area contributed by atoms with Gasteiger partial charge in [-0.05, 0) is 36.4 Å². The van der Waals surface area contributed by atoms with E-state index in [1.54, 1.807) is 0 Å². The number of carboxylic acids is 1. The van der Waals surface area contributed by atoms with Gasteiger partial charge in [-0.15, -0.1) is 5.10 Å². The van der Waals surface area contributed by atoms with Crippen molar-refractivity contribution in [3.05, 3.63) is 29.3 Å². The topological polar surface area (TPSA) is 80.9 Å². The van der Waals surface area contributed by atoms with Crippen molar-refractivity contribution in [2.75, 3.05) is 0 Å². The van der Waals surface area contributed by atoms with E-state index in [4.69, 9.17) is 5.11 Å². The van der Waals surface area contributed by atoms with E-state index < -0.39 is 5.97 Å². The number of aromatic nitrogens is 4. The van der Waals surface area contributed by atoms with Crippen molar-refractivity contribution in [3.63, 3.8) is 0 Å². The van der Waals surface area contributed by atoms with Gasteiger partial charge in [0, 0.05) is 5.56 Å². The van der Waals surface area contributed by atoms with Gasteiger partial charge >= 0.3 is 5.97 Å². The molecule has 0 unspecified atom stereocenters. The van der Waals surface area contributed by atoms with Crippen LogP contribution in [0.25, 0.3) is 11.4 Å². The monoisotopic (exact) mass is 232 g/mol. The Morgan fingerprint density at radius 2 is 1.94 bits per heavy atom. The first kappa shape index (κ1) is 11.3. The average molecular weight is 232 g/mol. The van der Waals surface area contributed by atoms with Crippen LogP contribution in [0.3, 0.4) is 0 Å². The van der Waals surface area contributed by atoms with Gasteiger partial charge in [-0.25, -0.2) is 4.68 Å². The molecular formula is C11H12N4O2.